The lowest BCUT2D eigenvalue weighted by Crippen LogP contribution is -2.01. The van der Waals surface area contributed by atoms with Gasteiger partial charge < -0.3 is 0 Å². The first-order chi connectivity index (χ1) is 3.56. The molecule has 0 aromatic carbocycles. The Morgan fingerprint density at radius 2 is 1.88 bits per heavy atom. The lowest BCUT2D eigenvalue weighted by Gasteiger charge is -2.06. The topological polar surface area (TPSA) is 0 Å². The van der Waals surface area contributed by atoms with Crippen LogP contribution in [0.2, 0.25) is 0 Å². The molecule has 4 heteroatoms. The second-order valence-electron chi connectivity index (χ2n) is 1.26. The molecule has 0 amide bonds. The molecule has 0 rings (SSSR count). The van der Waals surface area contributed by atoms with E-state index in [1.165, 1.54) is 0 Å². The van der Waals surface area contributed by atoms with Crippen molar-refractivity contribution in [1.82, 2.24) is 0 Å². The van der Waals surface area contributed by atoms with Crippen LogP contribution in [0, 0.1) is 6.42 Å². The highest BCUT2D eigenvalue weighted by Gasteiger charge is 2.17. The van der Waals surface area contributed by atoms with E-state index in [0.29, 0.717) is 6.42 Å². The molecule has 0 bridgehead atoms. The van der Waals surface area contributed by atoms with Gasteiger partial charge in [-0.1, -0.05) is 50.7 Å². The fourth-order valence-electron chi connectivity index (χ4n) is 0.218. The molecule has 0 aliphatic rings. The first kappa shape index (κ1) is 9.35. The average Bonchev–Trinajstić information content (AvgIpc) is 1.59. The van der Waals surface area contributed by atoms with Gasteiger partial charge >= 0.3 is 0 Å². The molecule has 1 radical (unpaired) electrons. The normalized spacial score (nSPS) is 12.0. The zero-order valence-electron chi connectivity index (χ0n) is 4.00. The Hall–Kier alpha value is 1.35. The van der Waals surface area contributed by atoms with Gasteiger partial charge in [0.2, 0.25) is 0 Å². The molecule has 0 nitrogen and oxygen atoms in total. The third-order valence-corrected chi connectivity index (χ3v) is 1.41. The van der Waals surface area contributed by atoms with Crippen LogP contribution in [-0.4, -0.2) is 9.12 Å². The summed E-state index contributed by atoms with van der Waals surface area (Å²) in [6.07, 6.45) is 2.34. The summed E-state index contributed by atoms with van der Waals surface area (Å²) in [5, 5.41) is 0.765. The van der Waals surface area contributed by atoms with E-state index >= 15 is 0 Å². The van der Waals surface area contributed by atoms with Gasteiger partial charge in [0.25, 0.3) is 0 Å². The molecule has 0 unspecified atom stereocenters. The zero-order valence-corrected chi connectivity index (χ0v) is 7.86. The number of hydrogen-bond donors (Lipinski definition) is 0. The van der Waals surface area contributed by atoms with Gasteiger partial charge in [-0.15, -0.1) is 0 Å². The van der Waals surface area contributed by atoms with Gasteiger partial charge in [0, 0.05) is 5.33 Å². The first-order valence-corrected chi connectivity index (χ1v) is 4.26. The predicted octanol–water partition coefficient (Wildman–Crippen LogP) is 3.35. The Labute approximate surface area is 72.6 Å². The van der Waals surface area contributed by atoms with Crippen molar-refractivity contribution >= 4 is 50.7 Å². The van der Waals surface area contributed by atoms with Gasteiger partial charge in [0.05, 0.1) is 0 Å². The van der Waals surface area contributed by atoms with Gasteiger partial charge in [-0.25, -0.2) is 0 Å². The molecule has 0 aliphatic carbocycles. The maximum atomic E-state index is 5.39. The number of alkyl halides is 4. The standard InChI is InChI=1S/C4H5BrCl3/c5-3-1-2-4(6,7)8/h1H,2-3H2. The van der Waals surface area contributed by atoms with Crippen molar-refractivity contribution in [2.24, 2.45) is 0 Å². The summed E-state index contributed by atoms with van der Waals surface area (Å²) in [5.41, 5.74) is 0. The third-order valence-electron chi connectivity index (χ3n) is 0.485. The van der Waals surface area contributed by atoms with Crippen LogP contribution in [0.3, 0.4) is 0 Å². The Morgan fingerprint density at radius 3 is 2.00 bits per heavy atom. The second-order valence-corrected chi connectivity index (χ2v) is 4.43. The minimum Gasteiger partial charge on any atom is -0.0925 e. The van der Waals surface area contributed by atoms with Gasteiger partial charge in [0.15, 0.2) is 3.79 Å². The van der Waals surface area contributed by atoms with E-state index in [1.54, 1.807) is 0 Å². The van der Waals surface area contributed by atoms with Gasteiger partial charge in [0.1, 0.15) is 0 Å². The number of rotatable bonds is 2. The predicted molar refractivity (Wildman–Crippen MR) is 43.0 cm³/mol. The summed E-state index contributed by atoms with van der Waals surface area (Å²) < 4.78 is -1.12. The van der Waals surface area contributed by atoms with E-state index < -0.39 is 3.79 Å². The zero-order chi connectivity index (χ0) is 6.62. The Bertz CT molecular complexity index is 58.8. The molecule has 8 heavy (non-hydrogen) atoms. The van der Waals surface area contributed by atoms with Crippen LogP contribution in [0.1, 0.15) is 6.42 Å². The van der Waals surface area contributed by atoms with E-state index in [0.717, 1.165) is 5.33 Å². The second kappa shape index (κ2) is 4.21. The van der Waals surface area contributed by atoms with Crippen molar-refractivity contribution in [3.63, 3.8) is 0 Å². The molecule has 49 valence electrons. The fourth-order valence-corrected chi connectivity index (χ4v) is 0.774. The van der Waals surface area contributed by atoms with Crippen LogP contribution in [0.5, 0.6) is 0 Å². The summed E-state index contributed by atoms with van der Waals surface area (Å²) in [7, 11) is 0. The summed E-state index contributed by atoms with van der Waals surface area (Å²) in [4.78, 5) is 0. The monoisotopic (exact) mass is 237 g/mol. The number of halogens is 4. The lowest BCUT2D eigenvalue weighted by molar-refractivity contribution is 0.997. The van der Waals surface area contributed by atoms with Gasteiger partial charge in [-0.2, -0.15) is 0 Å². The Balaban J connectivity index is 3.11. The van der Waals surface area contributed by atoms with Crippen LogP contribution < -0.4 is 0 Å². The van der Waals surface area contributed by atoms with Crippen molar-refractivity contribution in [2.45, 2.75) is 10.2 Å². The van der Waals surface area contributed by atoms with Crippen LogP contribution in [0.15, 0.2) is 0 Å². The quantitative estimate of drug-likeness (QED) is 0.648. The molecule has 0 aromatic heterocycles. The largest absolute Gasteiger partial charge is 0.190 e. The highest BCUT2D eigenvalue weighted by Crippen LogP contribution is 2.30. The van der Waals surface area contributed by atoms with E-state index in [9.17, 15) is 0 Å². The minimum absolute atomic E-state index is 0.489. The summed E-state index contributed by atoms with van der Waals surface area (Å²) >= 11 is 19.3. The molecule has 0 saturated heterocycles. The SMILES string of the molecule is ClC(Cl)(Cl)C[CH]CBr. The molecule has 0 heterocycles. The third kappa shape index (κ3) is 7.35. The van der Waals surface area contributed by atoms with Crippen LogP contribution in [-0.2, 0) is 0 Å². The van der Waals surface area contributed by atoms with E-state index in [-0.39, 0.29) is 0 Å². The Morgan fingerprint density at radius 1 is 1.38 bits per heavy atom. The van der Waals surface area contributed by atoms with Crippen molar-refractivity contribution in [3.05, 3.63) is 6.42 Å². The molecule has 0 aliphatic heterocycles. The summed E-state index contributed by atoms with van der Waals surface area (Å²) in [5.74, 6) is 0. The van der Waals surface area contributed by atoms with Gasteiger partial charge in [-0.3, -0.25) is 0 Å². The molecular weight excluding hydrogens is 234 g/mol. The Kier molecular flexibility index (Phi) is 4.92. The minimum atomic E-state index is -1.12. The highest BCUT2D eigenvalue weighted by molar-refractivity contribution is 9.09. The first-order valence-electron chi connectivity index (χ1n) is 2.00. The van der Waals surface area contributed by atoms with Crippen LogP contribution >= 0.6 is 50.7 Å². The summed E-state index contributed by atoms with van der Waals surface area (Å²) in [6.45, 7) is 0. The smallest absolute Gasteiger partial charge is 0.0925 e. The molecule has 0 saturated carbocycles. The molecule has 0 aromatic rings. The average molecular weight is 239 g/mol. The maximum absolute atomic E-state index is 5.39. The lowest BCUT2D eigenvalue weighted by atomic mass is 10.4. The molecule has 0 atom stereocenters. The molecule has 0 fully saturated rings. The van der Waals surface area contributed by atoms with E-state index in [2.05, 4.69) is 15.9 Å². The van der Waals surface area contributed by atoms with E-state index in [1.807, 2.05) is 6.42 Å². The maximum Gasteiger partial charge on any atom is 0.190 e. The summed E-state index contributed by atoms with van der Waals surface area (Å²) in [6, 6.07) is 0. The van der Waals surface area contributed by atoms with Crippen molar-refractivity contribution in [1.29, 1.82) is 0 Å². The van der Waals surface area contributed by atoms with Crippen LogP contribution in [0.4, 0.5) is 0 Å². The number of hydrogen-bond acceptors (Lipinski definition) is 0. The van der Waals surface area contributed by atoms with Crippen molar-refractivity contribution in [2.75, 3.05) is 5.33 Å². The van der Waals surface area contributed by atoms with Gasteiger partial charge in [-0.05, 0) is 12.8 Å². The molecular formula is C4H5BrCl3. The van der Waals surface area contributed by atoms with Crippen LogP contribution in [0.25, 0.3) is 0 Å². The van der Waals surface area contributed by atoms with E-state index in [4.69, 9.17) is 34.8 Å². The fraction of sp³-hybridized carbons (Fsp3) is 0.750. The molecule has 0 N–H and O–H groups in total. The molecule has 0 spiro atoms. The van der Waals surface area contributed by atoms with Crippen molar-refractivity contribution in [3.8, 4) is 0 Å². The highest BCUT2D eigenvalue weighted by atomic mass is 79.9. The van der Waals surface area contributed by atoms with Crippen molar-refractivity contribution < 1.29 is 0 Å².